The van der Waals surface area contributed by atoms with Gasteiger partial charge >= 0.3 is 0 Å². The molecule has 98 valence electrons. The van der Waals surface area contributed by atoms with Crippen LogP contribution in [0.5, 0.6) is 0 Å². The topological polar surface area (TPSA) is 72.2 Å². The fraction of sp³-hybridized carbons (Fsp3) is 0.200. The summed E-state index contributed by atoms with van der Waals surface area (Å²) in [6.45, 7) is 0.643. The highest BCUT2D eigenvalue weighted by Crippen LogP contribution is 2.31. The maximum absolute atomic E-state index is 12.1. The molecule has 4 nitrogen and oxygen atoms in total. The van der Waals surface area contributed by atoms with Crippen molar-refractivity contribution in [3.8, 4) is 0 Å². The third-order valence-electron chi connectivity index (χ3n) is 2.21. The molecular weight excluding hydrogens is 356 g/mol. The number of hydrogen-bond donors (Lipinski definition) is 2. The SMILES string of the molecule is NCc1cc(S(=O)(=O)NCc2cccs2)c(Br)s1. The van der Waals surface area contributed by atoms with E-state index in [1.54, 1.807) is 6.07 Å². The number of rotatable bonds is 5. The van der Waals surface area contributed by atoms with E-state index in [9.17, 15) is 8.42 Å². The Balaban J connectivity index is 2.17. The van der Waals surface area contributed by atoms with Gasteiger partial charge in [-0.1, -0.05) is 6.07 Å². The van der Waals surface area contributed by atoms with E-state index in [4.69, 9.17) is 5.73 Å². The molecule has 0 bridgehead atoms. The molecule has 2 rings (SSSR count). The highest BCUT2D eigenvalue weighted by Gasteiger charge is 2.20. The van der Waals surface area contributed by atoms with Gasteiger partial charge in [0.25, 0.3) is 0 Å². The Bertz CT molecular complexity index is 620. The molecule has 0 unspecified atom stereocenters. The van der Waals surface area contributed by atoms with Gasteiger partial charge in [-0.3, -0.25) is 0 Å². The Morgan fingerprint density at radius 3 is 2.72 bits per heavy atom. The molecule has 8 heteroatoms. The molecule has 0 aliphatic carbocycles. The lowest BCUT2D eigenvalue weighted by molar-refractivity contribution is 0.581. The van der Waals surface area contributed by atoms with Crippen LogP contribution in [-0.2, 0) is 23.1 Å². The minimum absolute atomic E-state index is 0.254. The summed E-state index contributed by atoms with van der Waals surface area (Å²) in [6.07, 6.45) is 0. The molecule has 2 heterocycles. The van der Waals surface area contributed by atoms with Crippen molar-refractivity contribution in [3.05, 3.63) is 37.1 Å². The van der Waals surface area contributed by atoms with Crippen LogP contribution >= 0.6 is 38.6 Å². The fourth-order valence-electron chi connectivity index (χ4n) is 1.34. The van der Waals surface area contributed by atoms with Crippen molar-refractivity contribution in [2.45, 2.75) is 18.0 Å². The quantitative estimate of drug-likeness (QED) is 0.853. The van der Waals surface area contributed by atoms with Crippen molar-refractivity contribution in [2.75, 3.05) is 0 Å². The van der Waals surface area contributed by atoms with Gasteiger partial charge in [0.2, 0.25) is 10.0 Å². The lowest BCUT2D eigenvalue weighted by Gasteiger charge is -2.03. The molecule has 0 fully saturated rings. The van der Waals surface area contributed by atoms with Crippen LogP contribution in [0, 0.1) is 0 Å². The van der Waals surface area contributed by atoms with E-state index in [0.717, 1.165) is 9.75 Å². The molecule has 2 aromatic rings. The van der Waals surface area contributed by atoms with Crippen LogP contribution in [0.15, 0.2) is 32.3 Å². The van der Waals surface area contributed by atoms with Crippen LogP contribution in [0.25, 0.3) is 0 Å². The Morgan fingerprint density at radius 2 is 2.17 bits per heavy atom. The molecule has 0 saturated carbocycles. The van der Waals surface area contributed by atoms with Crippen LogP contribution in [0.3, 0.4) is 0 Å². The van der Waals surface area contributed by atoms with Crippen LogP contribution < -0.4 is 10.5 Å². The van der Waals surface area contributed by atoms with Gasteiger partial charge in [0.05, 0.1) is 3.79 Å². The predicted octanol–water partition coefficient (Wildman–Crippen LogP) is 2.51. The molecule has 0 spiro atoms. The van der Waals surface area contributed by atoms with Crippen molar-refractivity contribution in [1.29, 1.82) is 0 Å². The highest BCUT2D eigenvalue weighted by atomic mass is 79.9. The van der Waals surface area contributed by atoms with E-state index < -0.39 is 10.0 Å². The molecule has 18 heavy (non-hydrogen) atoms. The number of halogens is 1. The smallest absolute Gasteiger partial charge is 0.242 e. The van der Waals surface area contributed by atoms with Gasteiger partial charge in [-0.2, -0.15) is 0 Å². The van der Waals surface area contributed by atoms with E-state index >= 15 is 0 Å². The molecule has 0 radical (unpaired) electrons. The maximum atomic E-state index is 12.1. The van der Waals surface area contributed by atoms with Crippen molar-refractivity contribution in [3.63, 3.8) is 0 Å². The predicted molar refractivity (Wildman–Crippen MR) is 78.3 cm³/mol. The van der Waals surface area contributed by atoms with Crippen LogP contribution in [0.2, 0.25) is 0 Å². The van der Waals surface area contributed by atoms with E-state index in [-0.39, 0.29) is 4.90 Å². The van der Waals surface area contributed by atoms with Gasteiger partial charge in [-0.25, -0.2) is 13.1 Å². The summed E-state index contributed by atoms with van der Waals surface area (Å²) in [5, 5.41) is 1.91. The molecule has 0 saturated heterocycles. The zero-order chi connectivity index (χ0) is 13.2. The van der Waals surface area contributed by atoms with Crippen molar-refractivity contribution in [2.24, 2.45) is 5.73 Å². The summed E-state index contributed by atoms with van der Waals surface area (Å²) in [6, 6.07) is 5.38. The summed E-state index contributed by atoms with van der Waals surface area (Å²) in [4.78, 5) is 2.06. The second-order valence-electron chi connectivity index (χ2n) is 3.46. The van der Waals surface area contributed by atoms with Crippen LogP contribution in [0.1, 0.15) is 9.75 Å². The first-order valence-electron chi connectivity index (χ1n) is 5.03. The lowest BCUT2D eigenvalue weighted by atomic mass is 10.5. The minimum atomic E-state index is -3.49. The van der Waals surface area contributed by atoms with E-state index in [0.29, 0.717) is 16.9 Å². The molecule has 0 amide bonds. The first-order chi connectivity index (χ1) is 8.53. The molecule has 2 aromatic heterocycles. The molecule has 0 aliphatic rings. The minimum Gasteiger partial charge on any atom is -0.326 e. The van der Waals surface area contributed by atoms with Gasteiger partial charge in [0, 0.05) is 22.8 Å². The normalized spacial score (nSPS) is 11.9. The first kappa shape index (κ1) is 14.2. The largest absolute Gasteiger partial charge is 0.326 e. The average Bonchev–Trinajstić information content (AvgIpc) is 2.95. The first-order valence-corrected chi connectivity index (χ1v) is 9.00. The van der Waals surface area contributed by atoms with Gasteiger partial charge in [-0.05, 0) is 33.4 Å². The number of thiophene rings is 2. The van der Waals surface area contributed by atoms with Crippen molar-refractivity contribution < 1.29 is 8.42 Å². The fourth-order valence-corrected chi connectivity index (χ4v) is 5.64. The maximum Gasteiger partial charge on any atom is 0.242 e. The standard InChI is InChI=1S/C10H11BrN2O2S3/c11-10-9(4-8(5-12)17-10)18(14,15)13-6-7-2-1-3-16-7/h1-4,13H,5-6,12H2. The molecule has 0 atom stereocenters. The number of sulfonamides is 1. The Morgan fingerprint density at radius 1 is 1.39 bits per heavy atom. The Kier molecular flexibility index (Phi) is 4.57. The average molecular weight is 367 g/mol. The summed E-state index contributed by atoms with van der Waals surface area (Å²) in [7, 11) is -3.49. The monoisotopic (exact) mass is 366 g/mol. The molecule has 3 N–H and O–H groups in total. The third kappa shape index (κ3) is 3.19. The van der Waals surface area contributed by atoms with E-state index in [1.165, 1.54) is 22.7 Å². The number of hydrogen-bond acceptors (Lipinski definition) is 5. The number of nitrogens with two attached hydrogens (primary N) is 1. The Hall–Kier alpha value is -0.250. The van der Waals surface area contributed by atoms with Gasteiger partial charge < -0.3 is 5.73 Å². The van der Waals surface area contributed by atoms with E-state index in [1.807, 2.05) is 17.5 Å². The second kappa shape index (κ2) is 5.81. The van der Waals surface area contributed by atoms with Crippen LogP contribution in [-0.4, -0.2) is 8.42 Å². The number of nitrogens with one attached hydrogen (secondary N) is 1. The van der Waals surface area contributed by atoms with Crippen LogP contribution in [0.4, 0.5) is 0 Å². The molecule has 0 aromatic carbocycles. The zero-order valence-corrected chi connectivity index (χ0v) is 13.3. The van der Waals surface area contributed by atoms with Gasteiger partial charge in [0.1, 0.15) is 4.90 Å². The molecular formula is C10H11BrN2O2S3. The summed E-state index contributed by atoms with van der Waals surface area (Å²) < 4.78 is 27.4. The second-order valence-corrected chi connectivity index (χ2v) is 8.68. The lowest BCUT2D eigenvalue weighted by Crippen LogP contribution is -2.22. The van der Waals surface area contributed by atoms with Crippen molar-refractivity contribution in [1.82, 2.24) is 4.72 Å². The van der Waals surface area contributed by atoms with Gasteiger partial charge in [-0.15, -0.1) is 22.7 Å². The summed E-state index contributed by atoms with van der Waals surface area (Å²) in [5.74, 6) is 0. The van der Waals surface area contributed by atoms with Crippen molar-refractivity contribution >= 4 is 48.6 Å². The Labute approximate surface area is 122 Å². The third-order valence-corrected chi connectivity index (χ3v) is 6.77. The zero-order valence-electron chi connectivity index (χ0n) is 9.22. The summed E-state index contributed by atoms with van der Waals surface area (Å²) in [5.41, 5.74) is 5.50. The summed E-state index contributed by atoms with van der Waals surface area (Å²) >= 11 is 6.12. The van der Waals surface area contributed by atoms with E-state index in [2.05, 4.69) is 20.7 Å². The highest BCUT2D eigenvalue weighted by molar-refractivity contribution is 9.11. The van der Waals surface area contributed by atoms with Gasteiger partial charge in [0.15, 0.2) is 0 Å². The molecule has 0 aliphatic heterocycles.